The van der Waals surface area contributed by atoms with Crippen molar-refractivity contribution in [2.75, 3.05) is 17.3 Å². The number of amides is 2. The molecule has 0 bridgehead atoms. The lowest BCUT2D eigenvalue weighted by molar-refractivity contribution is -0.116. The summed E-state index contributed by atoms with van der Waals surface area (Å²) >= 11 is 0. The van der Waals surface area contributed by atoms with E-state index in [4.69, 9.17) is 0 Å². The summed E-state index contributed by atoms with van der Waals surface area (Å²) in [4.78, 5) is 24.6. The Hall–Kier alpha value is -2.83. The van der Waals surface area contributed by atoms with Crippen LogP contribution in [0.3, 0.4) is 0 Å². The highest BCUT2D eigenvalue weighted by Gasteiger charge is 2.18. The van der Waals surface area contributed by atoms with E-state index in [2.05, 4.69) is 5.32 Å². The summed E-state index contributed by atoms with van der Waals surface area (Å²) < 4.78 is 39.6. The molecule has 7 heteroatoms. The molecule has 0 fully saturated rings. The second-order valence-corrected chi connectivity index (χ2v) is 4.80. The van der Waals surface area contributed by atoms with Gasteiger partial charge < -0.3 is 10.2 Å². The normalized spacial score (nSPS) is 10.3. The van der Waals surface area contributed by atoms with E-state index in [-0.39, 0.29) is 5.91 Å². The molecule has 2 amide bonds. The van der Waals surface area contributed by atoms with Gasteiger partial charge in [-0.1, -0.05) is 0 Å². The van der Waals surface area contributed by atoms with Crippen LogP contribution >= 0.6 is 0 Å². The molecule has 0 aliphatic rings. The fourth-order valence-electron chi connectivity index (χ4n) is 1.85. The number of hydrogen-bond donors (Lipinski definition) is 1. The Balaban J connectivity index is 2.18. The molecule has 0 aliphatic carbocycles. The zero-order valence-corrected chi connectivity index (χ0v) is 12.4. The van der Waals surface area contributed by atoms with Gasteiger partial charge in [-0.05, 0) is 36.4 Å². The molecule has 0 radical (unpaired) electrons. The lowest BCUT2D eigenvalue weighted by Gasteiger charge is -2.15. The van der Waals surface area contributed by atoms with Crippen LogP contribution in [0.2, 0.25) is 0 Å². The standard InChI is InChI=1S/C16H13F3N2O2/c1-9(22)21(2)11-5-3-10(4-6-11)20-16(23)12-7-8-13(17)15(19)14(12)18/h3-8H,1-2H3,(H,20,23). The zero-order chi connectivity index (χ0) is 17.1. The minimum absolute atomic E-state index is 0.161. The van der Waals surface area contributed by atoms with Gasteiger partial charge in [0.1, 0.15) is 0 Å². The van der Waals surface area contributed by atoms with E-state index in [1.165, 1.54) is 24.0 Å². The van der Waals surface area contributed by atoms with E-state index in [1.54, 1.807) is 19.2 Å². The van der Waals surface area contributed by atoms with Crippen LogP contribution in [0.5, 0.6) is 0 Å². The first-order chi connectivity index (χ1) is 10.8. The predicted molar refractivity (Wildman–Crippen MR) is 79.8 cm³/mol. The summed E-state index contributed by atoms with van der Waals surface area (Å²) in [6.45, 7) is 1.40. The summed E-state index contributed by atoms with van der Waals surface area (Å²) in [5, 5.41) is 2.37. The first kappa shape index (κ1) is 16.5. The third kappa shape index (κ3) is 3.50. The summed E-state index contributed by atoms with van der Waals surface area (Å²) in [6.07, 6.45) is 0. The van der Waals surface area contributed by atoms with Crippen molar-refractivity contribution in [3.8, 4) is 0 Å². The second kappa shape index (κ2) is 6.51. The minimum atomic E-state index is -1.70. The van der Waals surface area contributed by atoms with Crippen molar-refractivity contribution in [3.05, 3.63) is 59.4 Å². The molecule has 0 saturated heterocycles. The topological polar surface area (TPSA) is 49.4 Å². The molecule has 4 nitrogen and oxygen atoms in total. The van der Waals surface area contributed by atoms with Crippen molar-refractivity contribution in [2.24, 2.45) is 0 Å². The van der Waals surface area contributed by atoms with Gasteiger partial charge in [0.15, 0.2) is 17.5 Å². The van der Waals surface area contributed by atoms with E-state index in [1.807, 2.05) is 0 Å². The van der Waals surface area contributed by atoms with Gasteiger partial charge in [-0.15, -0.1) is 0 Å². The van der Waals surface area contributed by atoms with Gasteiger partial charge in [0.05, 0.1) is 5.56 Å². The highest BCUT2D eigenvalue weighted by atomic mass is 19.2. The zero-order valence-electron chi connectivity index (χ0n) is 12.4. The van der Waals surface area contributed by atoms with Crippen molar-refractivity contribution < 1.29 is 22.8 Å². The maximum atomic E-state index is 13.6. The summed E-state index contributed by atoms with van der Waals surface area (Å²) in [5.41, 5.74) is 0.322. The third-order valence-corrected chi connectivity index (χ3v) is 3.26. The molecule has 2 aromatic rings. The van der Waals surface area contributed by atoms with Gasteiger partial charge in [-0.25, -0.2) is 13.2 Å². The monoisotopic (exact) mass is 322 g/mol. The number of anilines is 2. The third-order valence-electron chi connectivity index (χ3n) is 3.26. The van der Waals surface area contributed by atoms with E-state index in [0.29, 0.717) is 17.4 Å². The van der Waals surface area contributed by atoms with Crippen molar-refractivity contribution in [3.63, 3.8) is 0 Å². The molecule has 23 heavy (non-hydrogen) atoms. The molecule has 0 heterocycles. The Morgan fingerprint density at radius 2 is 1.57 bits per heavy atom. The molecule has 0 atom stereocenters. The molecular weight excluding hydrogens is 309 g/mol. The number of nitrogens with zero attached hydrogens (tertiary/aromatic N) is 1. The Morgan fingerprint density at radius 3 is 2.13 bits per heavy atom. The van der Waals surface area contributed by atoms with Crippen LogP contribution in [0.25, 0.3) is 0 Å². The smallest absolute Gasteiger partial charge is 0.258 e. The SMILES string of the molecule is CC(=O)N(C)c1ccc(NC(=O)c2ccc(F)c(F)c2F)cc1. The fourth-order valence-corrected chi connectivity index (χ4v) is 1.85. The molecular formula is C16H13F3N2O2. The van der Waals surface area contributed by atoms with Crippen LogP contribution in [0.1, 0.15) is 17.3 Å². The van der Waals surface area contributed by atoms with Gasteiger partial charge >= 0.3 is 0 Å². The lowest BCUT2D eigenvalue weighted by atomic mass is 10.1. The largest absolute Gasteiger partial charge is 0.322 e. The highest BCUT2D eigenvalue weighted by molar-refractivity contribution is 6.04. The van der Waals surface area contributed by atoms with E-state index in [9.17, 15) is 22.8 Å². The molecule has 0 spiro atoms. The highest BCUT2D eigenvalue weighted by Crippen LogP contribution is 2.19. The summed E-state index contributed by atoms with van der Waals surface area (Å²) in [7, 11) is 1.59. The Morgan fingerprint density at radius 1 is 0.957 bits per heavy atom. The maximum Gasteiger partial charge on any atom is 0.258 e. The van der Waals surface area contributed by atoms with Crippen LogP contribution < -0.4 is 10.2 Å². The average Bonchev–Trinajstić information content (AvgIpc) is 2.52. The molecule has 0 aliphatic heterocycles. The molecule has 0 unspecified atom stereocenters. The second-order valence-electron chi connectivity index (χ2n) is 4.80. The van der Waals surface area contributed by atoms with Gasteiger partial charge in [-0.2, -0.15) is 0 Å². The van der Waals surface area contributed by atoms with E-state index >= 15 is 0 Å². The molecule has 1 N–H and O–H groups in total. The van der Waals surface area contributed by atoms with Crippen molar-refractivity contribution in [1.29, 1.82) is 0 Å². The molecule has 0 saturated carbocycles. The number of carbonyl (C=O) groups excluding carboxylic acids is 2. The van der Waals surface area contributed by atoms with Crippen LogP contribution in [0.15, 0.2) is 36.4 Å². The number of nitrogens with one attached hydrogen (secondary N) is 1. The molecule has 2 rings (SSSR count). The molecule has 2 aromatic carbocycles. The van der Waals surface area contributed by atoms with Crippen molar-refractivity contribution in [2.45, 2.75) is 6.92 Å². The molecule has 120 valence electrons. The predicted octanol–water partition coefficient (Wildman–Crippen LogP) is 3.34. The first-order valence-electron chi connectivity index (χ1n) is 6.60. The van der Waals surface area contributed by atoms with Gasteiger partial charge in [0.25, 0.3) is 5.91 Å². The number of rotatable bonds is 3. The van der Waals surface area contributed by atoms with Crippen molar-refractivity contribution >= 4 is 23.2 Å². The number of hydrogen-bond acceptors (Lipinski definition) is 2. The summed E-state index contributed by atoms with van der Waals surface area (Å²) in [5.74, 6) is -5.68. The number of halogens is 3. The summed E-state index contributed by atoms with van der Waals surface area (Å²) in [6, 6.07) is 7.71. The Labute approximate surface area is 130 Å². The average molecular weight is 322 g/mol. The van der Waals surface area contributed by atoms with Crippen LogP contribution in [-0.2, 0) is 4.79 Å². The van der Waals surface area contributed by atoms with Gasteiger partial charge in [0.2, 0.25) is 5.91 Å². The van der Waals surface area contributed by atoms with E-state index in [0.717, 1.165) is 6.07 Å². The molecule has 0 aromatic heterocycles. The first-order valence-corrected chi connectivity index (χ1v) is 6.60. The minimum Gasteiger partial charge on any atom is -0.322 e. The van der Waals surface area contributed by atoms with E-state index < -0.39 is 28.9 Å². The maximum absolute atomic E-state index is 13.6. The van der Waals surface area contributed by atoms with Crippen LogP contribution in [0.4, 0.5) is 24.5 Å². The van der Waals surface area contributed by atoms with Gasteiger partial charge in [-0.3, -0.25) is 9.59 Å². The number of carbonyl (C=O) groups is 2. The van der Waals surface area contributed by atoms with Crippen molar-refractivity contribution in [1.82, 2.24) is 0 Å². The van der Waals surface area contributed by atoms with Gasteiger partial charge in [0, 0.05) is 25.3 Å². The quantitative estimate of drug-likeness (QED) is 0.881. The fraction of sp³-hybridized carbons (Fsp3) is 0.125. The Bertz CT molecular complexity index is 761. The lowest BCUT2D eigenvalue weighted by Crippen LogP contribution is -2.22. The van der Waals surface area contributed by atoms with Crippen LogP contribution in [-0.4, -0.2) is 18.9 Å². The number of benzene rings is 2. The van der Waals surface area contributed by atoms with Crippen LogP contribution in [0, 0.1) is 17.5 Å². The Kier molecular flexibility index (Phi) is 4.68.